The maximum atomic E-state index is 12.5. The average molecular weight is 348 g/mol. The lowest BCUT2D eigenvalue weighted by Gasteiger charge is -2.03. The molecule has 2 aromatic heterocycles. The van der Waals surface area contributed by atoms with Gasteiger partial charge in [-0.3, -0.25) is 14.8 Å². The van der Waals surface area contributed by atoms with Crippen molar-refractivity contribution in [3.05, 3.63) is 53.3 Å². The predicted molar refractivity (Wildman–Crippen MR) is 100 cm³/mol. The summed E-state index contributed by atoms with van der Waals surface area (Å²) in [6.45, 7) is 2.62. The monoisotopic (exact) mass is 348 g/mol. The van der Waals surface area contributed by atoms with E-state index in [0.29, 0.717) is 17.4 Å². The van der Waals surface area contributed by atoms with Crippen LogP contribution in [-0.4, -0.2) is 20.7 Å². The van der Waals surface area contributed by atoms with Crippen LogP contribution in [0.2, 0.25) is 0 Å². The van der Waals surface area contributed by atoms with Gasteiger partial charge in [-0.25, -0.2) is 4.98 Å². The SMILES string of the molecule is CCn1nccc1C(=O)Nc1nc2c(cc3c4c(cccc42)CC3)s1. The number of anilines is 1. The second kappa shape index (κ2) is 5.39. The summed E-state index contributed by atoms with van der Waals surface area (Å²) in [7, 11) is 0. The minimum atomic E-state index is -0.171. The molecule has 0 fully saturated rings. The van der Waals surface area contributed by atoms with Gasteiger partial charge >= 0.3 is 0 Å². The highest BCUT2D eigenvalue weighted by Crippen LogP contribution is 2.39. The van der Waals surface area contributed by atoms with Crippen molar-refractivity contribution < 1.29 is 4.79 Å². The molecular weight excluding hydrogens is 332 g/mol. The molecule has 0 atom stereocenters. The van der Waals surface area contributed by atoms with Crippen LogP contribution in [0.3, 0.4) is 0 Å². The molecule has 0 spiro atoms. The molecule has 4 aromatic rings. The van der Waals surface area contributed by atoms with Gasteiger partial charge in [-0.1, -0.05) is 29.5 Å². The van der Waals surface area contributed by atoms with E-state index in [0.717, 1.165) is 23.1 Å². The maximum Gasteiger partial charge on any atom is 0.275 e. The van der Waals surface area contributed by atoms with Crippen LogP contribution in [0.4, 0.5) is 5.13 Å². The fourth-order valence-corrected chi connectivity index (χ4v) is 4.64. The third-order valence-corrected chi connectivity index (χ3v) is 5.74. The Kier molecular flexibility index (Phi) is 3.15. The predicted octanol–water partition coefficient (Wildman–Crippen LogP) is 4.02. The molecule has 5 nitrogen and oxygen atoms in total. The van der Waals surface area contributed by atoms with Crippen molar-refractivity contribution in [1.82, 2.24) is 14.8 Å². The number of hydrogen-bond donors (Lipinski definition) is 1. The Morgan fingerprint density at radius 3 is 3.04 bits per heavy atom. The second-order valence-corrected chi connectivity index (χ2v) is 7.26. The van der Waals surface area contributed by atoms with Gasteiger partial charge in [0, 0.05) is 18.1 Å². The van der Waals surface area contributed by atoms with Crippen molar-refractivity contribution in [1.29, 1.82) is 0 Å². The Labute approximate surface area is 148 Å². The van der Waals surface area contributed by atoms with E-state index in [4.69, 9.17) is 4.98 Å². The topological polar surface area (TPSA) is 59.8 Å². The van der Waals surface area contributed by atoms with Gasteiger partial charge in [0.1, 0.15) is 5.69 Å². The van der Waals surface area contributed by atoms with Crippen LogP contribution in [0, 0.1) is 0 Å². The third kappa shape index (κ3) is 2.17. The minimum Gasteiger partial charge on any atom is -0.296 e. The molecule has 25 heavy (non-hydrogen) atoms. The minimum absolute atomic E-state index is 0.171. The summed E-state index contributed by atoms with van der Waals surface area (Å²) in [6.07, 6.45) is 3.83. The maximum absolute atomic E-state index is 12.5. The number of fused-ring (bicyclic) bond motifs is 2. The first-order valence-corrected chi connectivity index (χ1v) is 9.23. The molecule has 0 saturated heterocycles. The number of hydrogen-bond acceptors (Lipinski definition) is 4. The summed E-state index contributed by atoms with van der Waals surface area (Å²) in [5.74, 6) is -0.171. The van der Waals surface area contributed by atoms with Gasteiger partial charge in [0.25, 0.3) is 5.91 Å². The zero-order valence-corrected chi connectivity index (χ0v) is 14.6. The number of thiazole rings is 1. The van der Waals surface area contributed by atoms with E-state index in [1.807, 2.05) is 6.92 Å². The van der Waals surface area contributed by atoms with Crippen molar-refractivity contribution in [2.24, 2.45) is 0 Å². The largest absolute Gasteiger partial charge is 0.296 e. The van der Waals surface area contributed by atoms with Gasteiger partial charge < -0.3 is 0 Å². The van der Waals surface area contributed by atoms with Crippen molar-refractivity contribution in [2.75, 3.05) is 5.32 Å². The summed E-state index contributed by atoms with van der Waals surface area (Å²) in [5, 5.41) is 10.3. The van der Waals surface area contributed by atoms with Gasteiger partial charge in [0.05, 0.1) is 10.2 Å². The molecule has 6 heteroatoms. The first-order valence-electron chi connectivity index (χ1n) is 8.42. The van der Waals surface area contributed by atoms with E-state index in [2.05, 4.69) is 34.7 Å². The van der Waals surface area contributed by atoms with Crippen LogP contribution in [0.15, 0.2) is 36.5 Å². The van der Waals surface area contributed by atoms with E-state index < -0.39 is 0 Å². The van der Waals surface area contributed by atoms with Crippen LogP contribution in [0.5, 0.6) is 0 Å². The number of nitrogens with zero attached hydrogens (tertiary/aromatic N) is 3. The molecule has 0 radical (unpaired) electrons. The molecule has 2 aromatic carbocycles. The smallest absolute Gasteiger partial charge is 0.275 e. The first kappa shape index (κ1) is 14.6. The van der Waals surface area contributed by atoms with Crippen molar-refractivity contribution in [2.45, 2.75) is 26.3 Å². The van der Waals surface area contributed by atoms with E-state index in [1.165, 1.54) is 33.2 Å². The molecule has 0 saturated carbocycles. The molecule has 1 N–H and O–H groups in total. The highest BCUT2D eigenvalue weighted by Gasteiger charge is 2.19. The van der Waals surface area contributed by atoms with Crippen LogP contribution in [0.25, 0.3) is 21.0 Å². The summed E-state index contributed by atoms with van der Waals surface area (Å²) in [6, 6.07) is 10.4. The fraction of sp³-hybridized carbons (Fsp3) is 0.211. The molecule has 5 rings (SSSR count). The molecule has 124 valence electrons. The lowest BCUT2D eigenvalue weighted by atomic mass is 10.0. The second-order valence-electron chi connectivity index (χ2n) is 6.23. The Bertz CT molecular complexity index is 1140. The fourth-order valence-electron chi connectivity index (χ4n) is 3.70. The van der Waals surface area contributed by atoms with Crippen molar-refractivity contribution in [3.63, 3.8) is 0 Å². The zero-order valence-electron chi connectivity index (χ0n) is 13.7. The van der Waals surface area contributed by atoms with E-state index in [9.17, 15) is 4.79 Å². The summed E-state index contributed by atoms with van der Waals surface area (Å²) >= 11 is 1.53. The Balaban J connectivity index is 1.59. The summed E-state index contributed by atoms with van der Waals surface area (Å²) in [5.41, 5.74) is 4.33. The zero-order chi connectivity index (χ0) is 17.0. The lowest BCUT2D eigenvalue weighted by Crippen LogP contribution is -2.17. The van der Waals surface area contributed by atoms with Gasteiger partial charge in [-0.05, 0) is 48.4 Å². The Morgan fingerprint density at radius 1 is 1.28 bits per heavy atom. The molecule has 0 aliphatic heterocycles. The highest BCUT2D eigenvalue weighted by atomic mass is 32.1. The molecule has 0 bridgehead atoms. The normalized spacial score (nSPS) is 13.0. The highest BCUT2D eigenvalue weighted by molar-refractivity contribution is 7.22. The number of benzene rings is 2. The number of rotatable bonds is 3. The van der Waals surface area contributed by atoms with Gasteiger partial charge in [0.15, 0.2) is 5.13 Å². The average Bonchev–Trinajstić information content (AvgIpc) is 3.33. The van der Waals surface area contributed by atoms with E-state index in [-0.39, 0.29) is 5.91 Å². The third-order valence-electron chi connectivity index (χ3n) is 4.82. The molecule has 1 amide bonds. The number of aromatic nitrogens is 3. The lowest BCUT2D eigenvalue weighted by molar-refractivity contribution is 0.101. The standard InChI is InChI=1S/C19H16N4OS/c1-2-23-14(8-9-20-23)18(24)22-19-21-17-13-5-3-4-11-6-7-12(16(11)13)10-15(17)25-19/h3-5,8-10H,2,6-7H2,1H3,(H,21,22,24). The number of carbonyl (C=O) groups excluding carboxylic acids is 1. The van der Waals surface area contributed by atoms with Gasteiger partial charge in [-0.15, -0.1) is 0 Å². The van der Waals surface area contributed by atoms with E-state index >= 15 is 0 Å². The number of aryl methyl sites for hydroxylation is 3. The van der Waals surface area contributed by atoms with Crippen LogP contribution >= 0.6 is 11.3 Å². The Morgan fingerprint density at radius 2 is 2.16 bits per heavy atom. The van der Waals surface area contributed by atoms with E-state index in [1.54, 1.807) is 16.9 Å². The molecular formula is C19H16N4OS. The number of nitrogens with one attached hydrogen (secondary N) is 1. The van der Waals surface area contributed by atoms with Gasteiger partial charge in [0.2, 0.25) is 0 Å². The summed E-state index contributed by atoms with van der Waals surface area (Å²) in [4.78, 5) is 17.2. The van der Waals surface area contributed by atoms with Crippen molar-refractivity contribution in [3.8, 4) is 0 Å². The molecule has 0 unspecified atom stereocenters. The number of amides is 1. The molecule has 1 aliphatic carbocycles. The summed E-state index contributed by atoms with van der Waals surface area (Å²) < 4.78 is 2.81. The Hall–Kier alpha value is -2.73. The van der Waals surface area contributed by atoms with Crippen LogP contribution in [-0.2, 0) is 19.4 Å². The molecule has 1 aliphatic rings. The molecule has 2 heterocycles. The van der Waals surface area contributed by atoms with Crippen LogP contribution < -0.4 is 5.32 Å². The van der Waals surface area contributed by atoms with Crippen molar-refractivity contribution >= 4 is 43.4 Å². The van der Waals surface area contributed by atoms with Gasteiger partial charge in [-0.2, -0.15) is 5.10 Å². The quantitative estimate of drug-likeness (QED) is 0.608. The van der Waals surface area contributed by atoms with Crippen LogP contribution in [0.1, 0.15) is 28.5 Å². The number of carbonyl (C=O) groups is 1. The first-order chi connectivity index (χ1) is 12.2.